The van der Waals surface area contributed by atoms with Gasteiger partial charge in [0.15, 0.2) is 0 Å². The molecule has 3 rings (SSSR count). The number of nitrogens with one attached hydrogen (secondary N) is 3. The second-order valence-corrected chi connectivity index (χ2v) is 9.33. The van der Waals surface area contributed by atoms with Gasteiger partial charge in [-0.2, -0.15) is 0 Å². The highest BCUT2D eigenvalue weighted by Gasteiger charge is 2.25. The van der Waals surface area contributed by atoms with Gasteiger partial charge in [-0.15, -0.1) is 0 Å². The molecule has 2 aromatic rings. The molecule has 2 atom stereocenters. The Labute approximate surface area is 217 Å². The van der Waals surface area contributed by atoms with Crippen molar-refractivity contribution in [3.05, 3.63) is 65.2 Å². The Bertz CT molecular complexity index is 1130. The van der Waals surface area contributed by atoms with Crippen LogP contribution in [0.25, 0.3) is 0 Å². The highest BCUT2D eigenvalue weighted by molar-refractivity contribution is 5.97. The van der Waals surface area contributed by atoms with E-state index in [-0.39, 0.29) is 11.5 Å². The van der Waals surface area contributed by atoms with Crippen molar-refractivity contribution in [2.45, 2.75) is 57.2 Å². The molecule has 1 saturated carbocycles. The van der Waals surface area contributed by atoms with Gasteiger partial charge in [0.1, 0.15) is 6.04 Å². The maximum Gasteiger partial charge on any atom is 0.268 e. The van der Waals surface area contributed by atoms with Crippen LogP contribution in [0.15, 0.2) is 48.5 Å². The Hall–Kier alpha value is -3.71. The maximum absolute atomic E-state index is 12.4. The van der Waals surface area contributed by atoms with Crippen LogP contribution >= 0.6 is 0 Å². The fourth-order valence-corrected chi connectivity index (χ4v) is 4.26. The fourth-order valence-electron chi connectivity index (χ4n) is 4.26. The lowest BCUT2D eigenvalue weighted by molar-refractivity contribution is -0.133. The molecule has 196 valence electrons. The third-order valence-corrected chi connectivity index (χ3v) is 6.42. The van der Waals surface area contributed by atoms with Gasteiger partial charge in [0, 0.05) is 28.4 Å². The quantitative estimate of drug-likeness (QED) is 0.212. The summed E-state index contributed by atoms with van der Waals surface area (Å²) in [6.07, 6.45) is 4.86. The van der Waals surface area contributed by atoms with Crippen molar-refractivity contribution in [1.82, 2.24) is 15.7 Å². The molecule has 0 heterocycles. The van der Waals surface area contributed by atoms with Crippen molar-refractivity contribution in [1.29, 1.82) is 0 Å². The van der Waals surface area contributed by atoms with Crippen molar-refractivity contribution < 1.29 is 24.7 Å². The minimum Gasteiger partial charge on any atom is -0.391 e. The van der Waals surface area contributed by atoms with E-state index in [0.717, 1.165) is 18.4 Å². The van der Waals surface area contributed by atoms with Crippen LogP contribution in [0, 0.1) is 11.8 Å². The molecule has 0 bridgehead atoms. The Balaban J connectivity index is 1.53. The van der Waals surface area contributed by atoms with Crippen LogP contribution in [-0.4, -0.2) is 64.7 Å². The number of anilines is 1. The summed E-state index contributed by atoms with van der Waals surface area (Å²) in [5.41, 5.74) is 3.87. The highest BCUT2D eigenvalue weighted by Crippen LogP contribution is 2.21. The van der Waals surface area contributed by atoms with Gasteiger partial charge in [-0.25, -0.2) is 5.48 Å². The lowest BCUT2D eigenvalue weighted by Crippen LogP contribution is -2.51. The molecule has 0 saturated heterocycles. The van der Waals surface area contributed by atoms with E-state index < -0.39 is 24.0 Å². The lowest BCUT2D eigenvalue weighted by atomic mass is 9.94. The maximum atomic E-state index is 12.4. The summed E-state index contributed by atoms with van der Waals surface area (Å²) in [7, 11) is 2.01. The molecule has 0 aliphatic heterocycles. The Morgan fingerprint density at radius 1 is 0.973 bits per heavy atom. The first-order valence-electron chi connectivity index (χ1n) is 12.4. The van der Waals surface area contributed by atoms with E-state index in [9.17, 15) is 19.5 Å². The summed E-state index contributed by atoms with van der Waals surface area (Å²) in [6.45, 7) is 1.70. The average Bonchev–Trinajstić information content (AvgIpc) is 2.91. The first-order valence-corrected chi connectivity index (χ1v) is 12.4. The monoisotopic (exact) mass is 506 g/mol. The zero-order valence-electron chi connectivity index (χ0n) is 21.2. The molecule has 0 unspecified atom stereocenters. The predicted molar refractivity (Wildman–Crippen MR) is 140 cm³/mol. The van der Waals surface area contributed by atoms with Gasteiger partial charge in [-0.3, -0.25) is 24.5 Å². The second kappa shape index (κ2) is 13.6. The largest absolute Gasteiger partial charge is 0.391 e. The third kappa shape index (κ3) is 8.43. The average molecular weight is 507 g/mol. The molecule has 1 aliphatic rings. The van der Waals surface area contributed by atoms with Crippen LogP contribution in [0.3, 0.4) is 0 Å². The van der Waals surface area contributed by atoms with Crippen molar-refractivity contribution in [2.75, 3.05) is 18.9 Å². The second-order valence-electron chi connectivity index (χ2n) is 9.33. The molecule has 9 heteroatoms. The van der Waals surface area contributed by atoms with E-state index in [0.29, 0.717) is 23.8 Å². The van der Waals surface area contributed by atoms with Crippen LogP contribution in [0.5, 0.6) is 0 Å². The number of aliphatic hydroxyl groups excluding tert-OH is 1. The van der Waals surface area contributed by atoms with Crippen LogP contribution in [0.4, 0.5) is 5.69 Å². The van der Waals surface area contributed by atoms with Crippen molar-refractivity contribution in [2.24, 2.45) is 0 Å². The zero-order valence-corrected chi connectivity index (χ0v) is 21.2. The number of carbonyl (C=O) groups is 3. The van der Waals surface area contributed by atoms with Crippen molar-refractivity contribution in [3.63, 3.8) is 0 Å². The number of hydrogen-bond donors (Lipinski definition) is 5. The minimum absolute atomic E-state index is 0.0345. The molecule has 0 aromatic heterocycles. The van der Waals surface area contributed by atoms with Crippen molar-refractivity contribution >= 4 is 23.4 Å². The van der Waals surface area contributed by atoms with E-state index in [4.69, 9.17) is 5.21 Å². The Morgan fingerprint density at radius 3 is 2.08 bits per heavy atom. The van der Waals surface area contributed by atoms with Crippen molar-refractivity contribution in [3.8, 4) is 11.8 Å². The molecule has 5 N–H and O–H groups in total. The minimum atomic E-state index is -1.29. The lowest BCUT2D eigenvalue weighted by Gasteiger charge is -2.30. The standard InChI is InChI=1S/C28H34N4O5/c1-19(33)26(28(36)31-37)30-27(35)22-14-10-20(11-15-22)8-9-21-12-16-23(17-13-21)29-25(34)18-32(2)24-6-4-3-5-7-24/h10-17,19,24,26,33,37H,3-7,18H2,1-2H3,(H,29,34)(H,30,35)(H,31,36)/t19-,26+/m1/s1. The van der Waals surface area contributed by atoms with Gasteiger partial charge in [-0.05, 0) is 75.3 Å². The molecule has 37 heavy (non-hydrogen) atoms. The van der Waals surface area contributed by atoms with Crippen LogP contribution in [-0.2, 0) is 9.59 Å². The fraction of sp³-hybridized carbons (Fsp3) is 0.393. The number of rotatable bonds is 8. The number of benzene rings is 2. The summed E-state index contributed by atoms with van der Waals surface area (Å²) in [4.78, 5) is 38.5. The number of hydroxylamine groups is 1. The number of hydrogen-bond acceptors (Lipinski definition) is 6. The molecule has 1 fully saturated rings. The van der Waals surface area contributed by atoms with E-state index in [1.165, 1.54) is 31.7 Å². The van der Waals surface area contributed by atoms with E-state index >= 15 is 0 Å². The smallest absolute Gasteiger partial charge is 0.268 e. The topological polar surface area (TPSA) is 131 Å². The highest BCUT2D eigenvalue weighted by atomic mass is 16.5. The van der Waals surface area contributed by atoms with Gasteiger partial charge < -0.3 is 15.7 Å². The molecule has 9 nitrogen and oxygen atoms in total. The SMILES string of the molecule is C[C@@H](O)[C@H](NC(=O)c1ccc(C#Cc2ccc(NC(=O)CN(C)C3CCCCC3)cc2)cc1)C(=O)NO. The first kappa shape index (κ1) is 27.9. The normalized spacial score (nSPS) is 15.2. The summed E-state index contributed by atoms with van der Waals surface area (Å²) in [5.74, 6) is 4.55. The van der Waals surface area contributed by atoms with E-state index in [1.54, 1.807) is 24.3 Å². The number of amides is 3. The van der Waals surface area contributed by atoms with Gasteiger partial charge >= 0.3 is 0 Å². The van der Waals surface area contributed by atoms with E-state index in [2.05, 4.69) is 27.4 Å². The molecule has 3 amide bonds. The first-order chi connectivity index (χ1) is 17.8. The zero-order chi connectivity index (χ0) is 26.8. The van der Waals surface area contributed by atoms with Crippen LogP contribution in [0.1, 0.15) is 60.5 Å². The summed E-state index contributed by atoms with van der Waals surface area (Å²) >= 11 is 0. The number of aliphatic hydroxyl groups is 1. The third-order valence-electron chi connectivity index (χ3n) is 6.42. The van der Waals surface area contributed by atoms with E-state index in [1.807, 2.05) is 31.3 Å². The molecule has 2 aromatic carbocycles. The number of carbonyl (C=O) groups excluding carboxylic acids is 3. The van der Waals surface area contributed by atoms with Gasteiger partial charge in [0.05, 0.1) is 12.6 Å². The predicted octanol–water partition coefficient (Wildman–Crippen LogP) is 2.27. The van der Waals surface area contributed by atoms with Gasteiger partial charge in [0.2, 0.25) is 5.91 Å². The summed E-state index contributed by atoms with van der Waals surface area (Å²) in [6, 6.07) is 12.9. The van der Waals surface area contributed by atoms with Crippen LogP contribution in [0.2, 0.25) is 0 Å². The van der Waals surface area contributed by atoms with Gasteiger partial charge in [0.25, 0.3) is 11.8 Å². The van der Waals surface area contributed by atoms with Crippen LogP contribution < -0.4 is 16.1 Å². The van der Waals surface area contributed by atoms with Gasteiger partial charge in [-0.1, -0.05) is 31.1 Å². The molecular formula is C28H34N4O5. The Morgan fingerprint density at radius 2 is 1.54 bits per heavy atom. The molecule has 0 radical (unpaired) electrons. The number of likely N-dealkylation sites (N-methyl/N-ethyl adjacent to an activating group) is 1. The molecule has 0 spiro atoms. The molecular weight excluding hydrogens is 472 g/mol. The summed E-state index contributed by atoms with van der Waals surface area (Å²) in [5, 5.41) is 23.7. The molecule has 1 aliphatic carbocycles. The Kier molecular flexibility index (Phi) is 10.2. The number of nitrogens with zero attached hydrogens (tertiary/aromatic N) is 1. The summed E-state index contributed by atoms with van der Waals surface area (Å²) < 4.78 is 0.